The quantitative estimate of drug-likeness (QED) is 0.628. The molecule has 0 radical (unpaired) electrons. The highest BCUT2D eigenvalue weighted by Crippen LogP contribution is 2.36. The van der Waals surface area contributed by atoms with Gasteiger partial charge in [0.25, 0.3) is 0 Å². The van der Waals surface area contributed by atoms with Crippen LogP contribution in [0.4, 0.5) is 5.69 Å². The molecule has 1 unspecified atom stereocenters. The molecule has 3 rings (SSSR count). The number of hydrogen-bond donors (Lipinski definition) is 1. The van der Waals surface area contributed by atoms with Crippen LogP contribution >= 0.6 is 23.4 Å². The number of nitrogens with two attached hydrogens (primary N) is 1. The minimum Gasteiger partial charge on any atom is -0.398 e. The third-order valence-corrected chi connectivity index (χ3v) is 5.40. The van der Waals surface area contributed by atoms with E-state index in [2.05, 4.69) is 30.3 Å². The summed E-state index contributed by atoms with van der Waals surface area (Å²) in [5, 5.41) is 0.652. The molecule has 0 bridgehead atoms. The summed E-state index contributed by atoms with van der Waals surface area (Å²) >= 11 is 7.95. The Hall–Kier alpha value is -1.12. The molecule has 0 aliphatic heterocycles. The Morgan fingerprint density at radius 2 is 2.05 bits per heavy atom. The van der Waals surface area contributed by atoms with E-state index in [1.165, 1.54) is 35.3 Å². The summed E-state index contributed by atoms with van der Waals surface area (Å²) in [5.74, 6) is 1.76. The molecule has 104 valence electrons. The Balaban J connectivity index is 1.71. The molecule has 1 atom stereocenters. The first kappa shape index (κ1) is 13.8. The van der Waals surface area contributed by atoms with Crippen LogP contribution in [0.25, 0.3) is 0 Å². The third-order valence-electron chi connectivity index (χ3n) is 3.92. The molecule has 1 aliphatic carbocycles. The maximum absolute atomic E-state index is 6.08. The molecule has 0 heterocycles. The van der Waals surface area contributed by atoms with Crippen LogP contribution < -0.4 is 5.73 Å². The lowest BCUT2D eigenvalue weighted by molar-refractivity contribution is 0.596. The van der Waals surface area contributed by atoms with Crippen molar-refractivity contribution >= 4 is 29.1 Å². The van der Waals surface area contributed by atoms with Gasteiger partial charge in [0.15, 0.2) is 0 Å². The molecule has 0 amide bonds. The normalized spacial score (nSPS) is 17.8. The molecular formula is C17H18ClNS. The molecular weight excluding hydrogens is 286 g/mol. The maximum Gasteiger partial charge on any atom is 0.0646 e. The number of rotatable bonds is 3. The first-order chi connectivity index (χ1) is 9.74. The van der Waals surface area contributed by atoms with E-state index in [1.807, 2.05) is 23.9 Å². The van der Waals surface area contributed by atoms with E-state index in [1.54, 1.807) is 0 Å². The topological polar surface area (TPSA) is 26.0 Å². The van der Waals surface area contributed by atoms with Gasteiger partial charge in [-0.05, 0) is 54.5 Å². The summed E-state index contributed by atoms with van der Waals surface area (Å²) in [7, 11) is 0. The van der Waals surface area contributed by atoms with Gasteiger partial charge in [-0.15, -0.1) is 11.8 Å². The van der Waals surface area contributed by atoms with Crippen molar-refractivity contribution < 1.29 is 0 Å². The second-order valence-electron chi connectivity index (χ2n) is 5.28. The standard InChI is InChI=1S/C17H18ClNS/c18-16-10-14(8-9-17(16)19)20-11-13-6-3-5-12-4-1-2-7-15(12)13/h1-2,4,7-10,13H,3,5-6,11,19H2. The first-order valence-corrected chi connectivity index (χ1v) is 8.36. The fourth-order valence-electron chi connectivity index (χ4n) is 2.82. The maximum atomic E-state index is 6.08. The van der Waals surface area contributed by atoms with Crippen molar-refractivity contribution in [2.45, 2.75) is 30.1 Å². The van der Waals surface area contributed by atoms with E-state index < -0.39 is 0 Å². The molecule has 0 saturated heterocycles. The smallest absolute Gasteiger partial charge is 0.0646 e. The van der Waals surface area contributed by atoms with Crippen LogP contribution in [-0.2, 0) is 6.42 Å². The first-order valence-electron chi connectivity index (χ1n) is 6.99. The Kier molecular flexibility index (Phi) is 4.23. The summed E-state index contributed by atoms with van der Waals surface area (Å²) in [6.07, 6.45) is 3.81. The lowest BCUT2D eigenvalue weighted by Crippen LogP contribution is -2.11. The SMILES string of the molecule is Nc1ccc(SCC2CCCc3ccccc32)cc1Cl. The summed E-state index contributed by atoms with van der Waals surface area (Å²) in [6, 6.07) is 14.8. The number of thioether (sulfide) groups is 1. The number of aryl methyl sites for hydroxylation is 1. The van der Waals surface area contributed by atoms with Crippen molar-refractivity contribution in [3.8, 4) is 0 Å². The third kappa shape index (κ3) is 2.97. The Bertz CT molecular complexity index is 612. The highest BCUT2D eigenvalue weighted by atomic mass is 35.5. The van der Waals surface area contributed by atoms with Crippen LogP contribution in [0.2, 0.25) is 5.02 Å². The molecule has 2 aromatic rings. The van der Waals surface area contributed by atoms with Crippen LogP contribution in [0.5, 0.6) is 0 Å². The van der Waals surface area contributed by atoms with Gasteiger partial charge in [-0.1, -0.05) is 35.9 Å². The lowest BCUT2D eigenvalue weighted by Gasteiger charge is -2.25. The van der Waals surface area contributed by atoms with Crippen molar-refractivity contribution in [1.29, 1.82) is 0 Å². The number of halogens is 1. The van der Waals surface area contributed by atoms with E-state index in [4.69, 9.17) is 17.3 Å². The van der Waals surface area contributed by atoms with Crippen LogP contribution in [0, 0.1) is 0 Å². The van der Waals surface area contributed by atoms with Gasteiger partial charge in [0.2, 0.25) is 0 Å². The highest BCUT2D eigenvalue weighted by Gasteiger charge is 2.19. The van der Waals surface area contributed by atoms with Gasteiger partial charge >= 0.3 is 0 Å². The zero-order valence-electron chi connectivity index (χ0n) is 11.3. The number of anilines is 1. The van der Waals surface area contributed by atoms with Crippen molar-refractivity contribution in [3.63, 3.8) is 0 Å². The molecule has 0 saturated carbocycles. The highest BCUT2D eigenvalue weighted by molar-refractivity contribution is 7.99. The van der Waals surface area contributed by atoms with E-state index in [9.17, 15) is 0 Å². The minimum atomic E-state index is 0.652. The van der Waals surface area contributed by atoms with Gasteiger partial charge in [0.05, 0.1) is 10.7 Å². The average molecular weight is 304 g/mol. The van der Waals surface area contributed by atoms with Crippen molar-refractivity contribution in [1.82, 2.24) is 0 Å². The fraction of sp³-hybridized carbons (Fsp3) is 0.294. The molecule has 1 nitrogen and oxygen atoms in total. The largest absolute Gasteiger partial charge is 0.398 e. The van der Waals surface area contributed by atoms with Crippen molar-refractivity contribution in [2.24, 2.45) is 0 Å². The molecule has 2 aromatic carbocycles. The molecule has 0 aromatic heterocycles. The van der Waals surface area contributed by atoms with Gasteiger partial charge in [-0.3, -0.25) is 0 Å². The van der Waals surface area contributed by atoms with Gasteiger partial charge in [0, 0.05) is 10.6 Å². The van der Waals surface area contributed by atoms with Gasteiger partial charge in [-0.2, -0.15) is 0 Å². The second kappa shape index (κ2) is 6.11. The second-order valence-corrected chi connectivity index (χ2v) is 6.78. The summed E-state index contributed by atoms with van der Waals surface area (Å²) in [4.78, 5) is 1.20. The molecule has 0 fully saturated rings. The molecule has 0 spiro atoms. The van der Waals surface area contributed by atoms with Gasteiger partial charge in [0.1, 0.15) is 0 Å². The summed E-state index contributed by atoms with van der Waals surface area (Å²) in [6.45, 7) is 0. The van der Waals surface area contributed by atoms with E-state index in [-0.39, 0.29) is 0 Å². The fourth-order valence-corrected chi connectivity index (χ4v) is 4.17. The van der Waals surface area contributed by atoms with Crippen LogP contribution in [-0.4, -0.2) is 5.75 Å². The average Bonchev–Trinajstić information content (AvgIpc) is 2.48. The zero-order chi connectivity index (χ0) is 13.9. The van der Waals surface area contributed by atoms with Crippen molar-refractivity contribution in [2.75, 3.05) is 11.5 Å². The van der Waals surface area contributed by atoms with E-state index in [0.717, 1.165) is 5.75 Å². The monoisotopic (exact) mass is 303 g/mol. The van der Waals surface area contributed by atoms with Crippen LogP contribution in [0.1, 0.15) is 29.9 Å². The van der Waals surface area contributed by atoms with Crippen molar-refractivity contribution in [3.05, 3.63) is 58.6 Å². The van der Waals surface area contributed by atoms with E-state index in [0.29, 0.717) is 16.6 Å². The Morgan fingerprint density at radius 3 is 2.90 bits per heavy atom. The molecule has 3 heteroatoms. The molecule has 2 N–H and O–H groups in total. The number of benzene rings is 2. The lowest BCUT2D eigenvalue weighted by atomic mass is 9.84. The van der Waals surface area contributed by atoms with Crippen LogP contribution in [0.15, 0.2) is 47.4 Å². The Labute approximate surface area is 129 Å². The molecule has 1 aliphatic rings. The number of fused-ring (bicyclic) bond motifs is 1. The predicted molar refractivity (Wildman–Crippen MR) is 88.7 cm³/mol. The summed E-state index contributed by atoms with van der Waals surface area (Å²) < 4.78 is 0. The minimum absolute atomic E-state index is 0.652. The van der Waals surface area contributed by atoms with Gasteiger partial charge < -0.3 is 5.73 Å². The number of nitrogen functional groups attached to an aromatic ring is 1. The van der Waals surface area contributed by atoms with Crippen LogP contribution in [0.3, 0.4) is 0 Å². The number of hydrogen-bond acceptors (Lipinski definition) is 2. The van der Waals surface area contributed by atoms with E-state index >= 15 is 0 Å². The summed E-state index contributed by atoms with van der Waals surface area (Å²) in [5.41, 5.74) is 9.46. The predicted octanol–water partition coefficient (Wildman–Crippen LogP) is 5.13. The molecule has 20 heavy (non-hydrogen) atoms. The zero-order valence-corrected chi connectivity index (χ0v) is 12.9. The Morgan fingerprint density at radius 1 is 1.20 bits per heavy atom. The van der Waals surface area contributed by atoms with Gasteiger partial charge in [-0.25, -0.2) is 0 Å².